The minimum atomic E-state index is -3.74. The molecule has 0 amide bonds. The van der Waals surface area contributed by atoms with Crippen LogP contribution in [0.1, 0.15) is 23.6 Å². The van der Waals surface area contributed by atoms with Crippen LogP contribution >= 0.6 is 11.6 Å². The Labute approximate surface area is 169 Å². The van der Waals surface area contributed by atoms with Crippen molar-refractivity contribution >= 4 is 33.0 Å². The van der Waals surface area contributed by atoms with Gasteiger partial charge in [0.15, 0.2) is 0 Å². The number of benzene rings is 3. The van der Waals surface area contributed by atoms with E-state index in [1.807, 2.05) is 59.6 Å². The standard InChI is InChI=1S/C21H18ClN3O2S/c22-17-8-6-16(7-9-17)21-14-20(15-4-2-1-3-5-15)24-25(21)18-10-12-19(13-11-18)28(23,26)27/h1-13,21H,14H2,(H2,23,26,27). The largest absolute Gasteiger partial charge is 0.257 e. The average molecular weight is 412 g/mol. The predicted molar refractivity (Wildman–Crippen MR) is 112 cm³/mol. The summed E-state index contributed by atoms with van der Waals surface area (Å²) in [6.07, 6.45) is 0.725. The van der Waals surface area contributed by atoms with Gasteiger partial charge in [-0.05, 0) is 47.5 Å². The Balaban J connectivity index is 1.74. The van der Waals surface area contributed by atoms with Gasteiger partial charge in [0.05, 0.1) is 22.3 Å². The Morgan fingerprint density at radius 3 is 2.18 bits per heavy atom. The van der Waals surface area contributed by atoms with E-state index in [2.05, 4.69) is 0 Å². The Bertz CT molecular complexity index is 1110. The first-order valence-electron chi connectivity index (χ1n) is 8.72. The molecular formula is C21H18ClN3O2S. The molecule has 5 nitrogen and oxygen atoms in total. The third-order valence-corrected chi connectivity index (χ3v) is 5.88. The number of anilines is 1. The summed E-state index contributed by atoms with van der Waals surface area (Å²) in [6.45, 7) is 0. The number of rotatable bonds is 4. The van der Waals surface area contributed by atoms with Crippen LogP contribution in [0.4, 0.5) is 5.69 Å². The van der Waals surface area contributed by atoms with Crippen molar-refractivity contribution in [2.24, 2.45) is 10.2 Å². The lowest BCUT2D eigenvalue weighted by Gasteiger charge is -2.24. The second-order valence-electron chi connectivity index (χ2n) is 6.57. The number of nitrogens with two attached hydrogens (primary N) is 1. The SMILES string of the molecule is NS(=O)(=O)c1ccc(N2N=C(c3ccccc3)CC2c2ccc(Cl)cc2)cc1. The Kier molecular flexibility index (Phi) is 4.93. The normalized spacial score (nSPS) is 16.9. The molecule has 1 heterocycles. The highest BCUT2D eigenvalue weighted by molar-refractivity contribution is 7.89. The van der Waals surface area contributed by atoms with E-state index in [0.29, 0.717) is 5.02 Å². The van der Waals surface area contributed by atoms with Crippen LogP contribution in [0.25, 0.3) is 0 Å². The monoisotopic (exact) mass is 411 g/mol. The molecule has 0 fully saturated rings. The first-order valence-corrected chi connectivity index (χ1v) is 10.6. The average Bonchev–Trinajstić information content (AvgIpc) is 3.14. The lowest BCUT2D eigenvalue weighted by Crippen LogP contribution is -2.19. The quantitative estimate of drug-likeness (QED) is 0.693. The van der Waals surface area contributed by atoms with Gasteiger partial charge in [-0.3, -0.25) is 5.01 Å². The lowest BCUT2D eigenvalue weighted by molar-refractivity contribution is 0.597. The van der Waals surface area contributed by atoms with Crippen LogP contribution in [0.5, 0.6) is 0 Å². The molecular weight excluding hydrogens is 394 g/mol. The van der Waals surface area contributed by atoms with Gasteiger partial charge >= 0.3 is 0 Å². The van der Waals surface area contributed by atoms with Crippen LogP contribution in [0, 0.1) is 0 Å². The minimum Gasteiger partial charge on any atom is -0.257 e. The highest BCUT2D eigenvalue weighted by atomic mass is 35.5. The molecule has 0 bridgehead atoms. The highest BCUT2D eigenvalue weighted by Gasteiger charge is 2.30. The molecule has 4 rings (SSSR count). The van der Waals surface area contributed by atoms with Crippen LogP contribution in [0.3, 0.4) is 0 Å². The fourth-order valence-corrected chi connectivity index (χ4v) is 3.93. The zero-order chi connectivity index (χ0) is 19.7. The summed E-state index contributed by atoms with van der Waals surface area (Å²) in [5.41, 5.74) is 3.90. The topological polar surface area (TPSA) is 75.8 Å². The van der Waals surface area contributed by atoms with Crippen molar-refractivity contribution in [1.82, 2.24) is 0 Å². The van der Waals surface area contributed by atoms with Gasteiger partial charge in [-0.25, -0.2) is 13.6 Å². The van der Waals surface area contributed by atoms with E-state index in [1.54, 1.807) is 12.1 Å². The smallest absolute Gasteiger partial charge is 0.238 e. The molecule has 0 saturated heterocycles. The number of halogens is 1. The van der Waals surface area contributed by atoms with E-state index in [4.69, 9.17) is 21.8 Å². The third kappa shape index (κ3) is 3.80. The van der Waals surface area contributed by atoms with E-state index in [-0.39, 0.29) is 10.9 Å². The number of sulfonamides is 1. The van der Waals surface area contributed by atoms with E-state index in [0.717, 1.165) is 28.9 Å². The predicted octanol–water partition coefficient (Wildman–Crippen LogP) is 4.34. The maximum atomic E-state index is 11.5. The van der Waals surface area contributed by atoms with Gasteiger partial charge in [-0.15, -0.1) is 0 Å². The summed E-state index contributed by atoms with van der Waals surface area (Å²) in [6, 6.07) is 24.1. The van der Waals surface area contributed by atoms with Gasteiger partial charge in [0.1, 0.15) is 0 Å². The first kappa shape index (κ1) is 18.7. The molecule has 2 N–H and O–H groups in total. The van der Waals surface area contributed by atoms with Gasteiger partial charge in [-0.1, -0.05) is 54.1 Å². The summed E-state index contributed by atoms with van der Waals surface area (Å²) in [7, 11) is -3.74. The van der Waals surface area contributed by atoms with E-state index in [9.17, 15) is 8.42 Å². The molecule has 7 heteroatoms. The molecule has 0 aromatic heterocycles. The number of hydrazone groups is 1. The zero-order valence-corrected chi connectivity index (χ0v) is 16.4. The lowest BCUT2D eigenvalue weighted by atomic mass is 9.98. The first-order chi connectivity index (χ1) is 13.4. The Hall–Kier alpha value is -2.67. The van der Waals surface area contributed by atoms with Crippen molar-refractivity contribution in [1.29, 1.82) is 0 Å². The second-order valence-corrected chi connectivity index (χ2v) is 8.57. The van der Waals surface area contributed by atoms with Crippen LogP contribution < -0.4 is 10.1 Å². The van der Waals surface area contributed by atoms with Gasteiger partial charge in [0, 0.05) is 11.4 Å². The van der Waals surface area contributed by atoms with Crippen LogP contribution in [-0.2, 0) is 10.0 Å². The summed E-state index contributed by atoms with van der Waals surface area (Å²) in [5, 5.41) is 12.6. The van der Waals surface area contributed by atoms with Crippen LogP contribution in [0.2, 0.25) is 5.02 Å². The summed E-state index contributed by atoms with van der Waals surface area (Å²) in [5.74, 6) is 0. The summed E-state index contributed by atoms with van der Waals surface area (Å²) in [4.78, 5) is 0.0748. The maximum Gasteiger partial charge on any atom is 0.238 e. The van der Waals surface area contributed by atoms with Crippen molar-refractivity contribution in [3.05, 3.63) is 95.0 Å². The minimum absolute atomic E-state index is 0.0205. The Morgan fingerprint density at radius 2 is 1.57 bits per heavy atom. The molecule has 1 aliphatic heterocycles. The molecule has 0 aliphatic carbocycles. The Morgan fingerprint density at radius 1 is 0.929 bits per heavy atom. The van der Waals surface area contributed by atoms with E-state index < -0.39 is 10.0 Å². The van der Waals surface area contributed by atoms with Crippen molar-refractivity contribution < 1.29 is 8.42 Å². The number of primary sulfonamides is 1. The molecule has 1 unspecified atom stereocenters. The molecule has 0 spiro atoms. The zero-order valence-electron chi connectivity index (χ0n) is 14.9. The van der Waals surface area contributed by atoms with E-state index in [1.165, 1.54) is 12.1 Å². The van der Waals surface area contributed by atoms with Crippen LogP contribution in [-0.4, -0.2) is 14.1 Å². The van der Waals surface area contributed by atoms with Gasteiger partial charge in [-0.2, -0.15) is 5.10 Å². The molecule has 0 radical (unpaired) electrons. The molecule has 3 aromatic carbocycles. The van der Waals surface area contributed by atoms with Crippen molar-refractivity contribution in [2.45, 2.75) is 17.4 Å². The number of hydrogen-bond donors (Lipinski definition) is 1. The second kappa shape index (κ2) is 7.39. The number of nitrogens with zero attached hydrogens (tertiary/aromatic N) is 2. The number of hydrogen-bond acceptors (Lipinski definition) is 4. The molecule has 1 atom stereocenters. The third-order valence-electron chi connectivity index (χ3n) is 4.70. The fourth-order valence-electron chi connectivity index (χ4n) is 3.29. The maximum absolute atomic E-state index is 11.5. The van der Waals surface area contributed by atoms with Crippen molar-refractivity contribution in [2.75, 3.05) is 5.01 Å². The van der Waals surface area contributed by atoms with Crippen molar-refractivity contribution in [3.63, 3.8) is 0 Å². The molecule has 0 saturated carbocycles. The van der Waals surface area contributed by atoms with Gasteiger partial charge in [0.2, 0.25) is 10.0 Å². The fraction of sp³-hybridized carbons (Fsp3) is 0.0952. The molecule has 3 aromatic rings. The summed E-state index contributed by atoms with van der Waals surface area (Å²) < 4.78 is 23.1. The molecule has 142 valence electrons. The highest BCUT2D eigenvalue weighted by Crippen LogP contribution is 2.37. The van der Waals surface area contributed by atoms with Crippen molar-refractivity contribution in [3.8, 4) is 0 Å². The molecule has 28 heavy (non-hydrogen) atoms. The van der Waals surface area contributed by atoms with Gasteiger partial charge in [0.25, 0.3) is 0 Å². The van der Waals surface area contributed by atoms with Crippen LogP contribution in [0.15, 0.2) is 88.9 Å². The van der Waals surface area contributed by atoms with E-state index >= 15 is 0 Å². The molecule has 1 aliphatic rings. The summed E-state index contributed by atoms with van der Waals surface area (Å²) >= 11 is 6.05. The van der Waals surface area contributed by atoms with Gasteiger partial charge < -0.3 is 0 Å².